The van der Waals surface area contributed by atoms with E-state index >= 15 is 0 Å². The summed E-state index contributed by atoms with van der Waals surface area (Å²) >= 11 is 0. The quantitative estimate of drug-likeness (QED) is 0.869. The smallest absolute Gasteiger partial charge is 0.261 e. The zero-order valence-electron chi connectivity index (χ0n) is 11.6. The van der Waals surface area contributed by atoms with Crippen LogP contribution in [0.25, 0.3) is 0 Å². The number of aliphatic hydroxyl groups is 1. The van der Waals surface area contributed by atoms with Gasteiger partial charge >= 0.3 is 0 Å². The molecule has 1 amide bonds. The van der Waals surface area contributed by atoms with Gasteiger partial charge in [0, 0.05) is 6.54 Å². The molecule has 1 saturated heterocycles. The second-order valence-corrected chi connectivity index (χ2v) is 5.66. The van der Waals surface area contributed by atoms with Gasteiger partial charge in [-0.3, -0.25) is 4.79 Å². The number of aliphatic hydroxyl groups excluding tert-OH is 1. The molecule has 0 aromatic heterocycles. The second kappa shape index (κ2) is 5.83. The number of aryl methyl sites for hydroxylation is 1. The maximum atomic E-state index is 11.9. The summed E-state index contributed by atoms with van der Waals surface area (Å²) in [6.45, 7) is 0.738. The maximum Gasteiger partial charge on any atom is 0.261 e. The average molecular weight is 275 g/mol. The average Bonchev–Trinajstić information content (AvgIpc) is 2.65. The minimum Gasteiger partial charge on any atom is -0.481 e. The largest absolute Gasteiger partial charge is 0.481 e. The lowest BCUT2D eigenvalue weighted by Crippen LogP contribution is -2.36. The number of carbonyl (C=O) groups is 1. The highest BCUT2D eigenvalue weighted by Crippen LogP contribution is 2.32. The van der Waals surface area contributed by atoms with Crippen LogP contribution >= 0.6 is 0 Å². The fourth-order valence-electron chi connectivity index (χ4n) is 3.01. The van der Waals surface area contributed by atoms with Gasteiger partial charge in [-0.2, -0.15) is 0 Å². The standard InChI is InChI=1S/C16H21NO3/c18-14-5-3-4-11-7-8-12(10-13(11)14)20-15-6-1-2-9-17-16(15)19/h7-8,10,14-15,18H,1-6,9H2,(H,17,19). The number of nitrogens with one attached hydrogen (secondary N) is 1. The molecule has 0 spiro atoms. The summed E-state index contributed by atoms with van der Waals surface area (Å²) in [6.07, 6.45) is 4.80. The predicted molar refractivity (Wildman–Crippen MR) is 75.6 cm³/mol. The van der Waals surface area contributed by atoms with Gasteiger partial charge in [-0.15, -0.1) is 0 Å². The van der Waals surface area contributed by atoms with Crippen LogP contribution in [0.5, 0.6) is 5.75 Å². The molecule has 1 aromatic rings. The molecule has 4 nitrogen and oxygen atoms in total. The summed E-state index contributed by atoms with van der Waals surface area (Å²) in [4.78, 5) is 11.9. The minimum atomic E-state index is -0.406. The molecule has 3 rings (SSSR count). The molecule has 4 heteroatoms. The number of benzene rings is 1. The highest BCUT2D eigenvalue weighted by atomic mass is 16.5. The molecule has 1 aliphatic carbocycles. The summed E-state index contributed by atoms with van der Waals surface area (Å²) in [7, 11) is 0. The van der Waals surface area contributed by atoms with Crippen LogP contribution in [-0.2, 0) is 11.2 Å². The Morgan fingerprint density at radius 2 is 2.10 bits per heavy atom. The summed E-state index contributed by atoms with van der Waals surface area (Å²) in [5.74, 6) is 0.660. The molecule has 108 valence electrons. The van der Waals surface area contributed by atoms with Gasteiger partial charge < -0.3 is 15.2 Å². The van der Waals surface area contributed by atoms with Gasteiger partial charge in [0.25, 0.3) is 5.91 Å². The zero-order chi connectivity index (χ0) is 13.9. The van der Waals surface area contributed by atoms with Crippen LogP contribution in [0.4, 0.5) is 0 Å². The molecule has 0 saturated carbocycles. The lowest BCUT2D eigenvalue weighted by atomic mass is 9.89. The summed E-state index contributed by atoms with van der Waals surface area (Å²) in [6, 6.07) is 5.83. The van der Waals surface area contributed by atoms with Crippen LogP contribution in [0.15, 0.2) is 18.2 Å². The van der Waals surface area contributed by atoms with Gasteiger partial charge in [-0.05, 0) is 61.8 Å². The number of hydrogen-bond donors (Lipinski definition) is 2. The summed E-state index contributed by atoms with van der Waals surface area (Å²) in [5, 5.41) is 12.9. The van der Waals surface area contributed by atoms with Crippen molar-refractivity contribution in [3.8, 4) is 5.75 Å². The van der Waals surface area contributed by atoms with E-state index in [1.807, 2.05) is 18.2 Å². The van der Waals surface area contributed by atoms with Crippen LogP contribution in [-0.4, -0.2) is 23.7 Å². The van der Waals surface area contributed by atoms with Crippen molar-refractivity contribution >= 4 is 5.91 Å². The number of ether oxygens (including phenoxy) is 1. The van der Waals surface area contributed by atoms with E-state index in [0.29, 0.717) is 5.75 Å². The van der Waals surface area contributed by atoms with Crippen molar-refractivity contribution in [1.29, 1.82) is 0 Å². The summed E-state index contributed by atoms with van der Waals surface area (Å²) < 4.78 is 5.84. The topological polar surface area (TPSA) is 58.6 Å². The van der Waals surface area contributed by atoms with E-state index in [2.05, 4.69) is 5.32 Å². The van der Waals surface area contributed by atoms with E-state index in [0.717, 1.165) is 50.6 Å². The van der Waals surface area contributed by atoms with E-state index in [-0.39, 0.29) is 5.91 Å². The van der Waals surface area contributed by atoms with Crippen molar-refractivity contribution in [3.05, 3.63) is 29.3 Å². The fraction of sp³-hybridized carbons (Fsp3) is 0.562. The molecule has 0 radical (unpaired) electrons. The van der Waals surface area contributed by atoms with Crippen molar-refractivity contribution in [2.45, 2.75) is 50.7 Å². The first-order valence-electron chi connectivity index (χ1n) is 7.49. The third-order valence-electron chi connectivity index (χ3n) is 4.16. The van der Waals surface area contributed by atoms with Gasteiger partial charge in [0.05, 0.1) is 6.10 Å². The zero-order valence-corrected chi connectivity index (χ0v) is 11.6. The number of hydrogen-bond acceptors (Lipinski definition) is 3. The lowest BCUT2D eigenvalue weighted by Gasteiger charge is -2.23. The van der Waals surface area contributed by atoms with Gasteiger partial charge in [0.15, 0.2) is 6.10 Å². The van der Waals surface area contributed by atoms with E-state index < -0.39 is 12.2 Å². The van der Waals surface area contributed by atoms with Crippen LogP contribution in [0.1, 0.15) is 49.3 Å². The van der Waals surface area contributed by atoms with Crippen LogP contribution in [0.2, 0.25) is 0 Å². The number of rotatable bonds is 2. The van der Waals surface area contributed by atoms with Crippen LogP contribution < -0.4 is 10.1 Å². The van der Waals surface area contributed by atoms with E-state index in [1.54, 1.807) is 0 Å². The Bertz CT molecular complexity index is 500. The maximum absolute atomic E-state index is 11.9. The molecular formula is C16H21NO3. The molecule has 1 fully saturated rings. The SMILES string of the molecule is O=C1NCCCCC1Oc1ccc2c(c1)C(O)CCC2. The highest BCUT2D eigenvalue weighted by molar-refractivity contribution is 5.81. The normalized spacial score (nSPS) is 26.4. The Kier molecular flexibility index (Phi) is 3.92. The summed E-state index contributed by atoms with van der Waals surface area (Å²) in [5.41, 5.74) is 2.16. The number of amides is 1. The van der Waals surface area contributed by atoms with Crippen LogP contribution in [0, 0.1) is 0 Å². The lowest BCUT2D eigenvalue weighted by molar-refractivity contribution is -0.127. The Balaban J connectivity index is 1.77. The highest BCUT2D eigenvalue weighted by Gasteiger charge is 2.24. The Morgan fingerprint density at radius 1 is 1.20 bits per heavy atom. The first kappa shape index (κ1) is 13.4. The van der Waals surface area contributed by atoms with Crippen LogP contribution in [0.3, 0.4) is 0 Å². The minimum absolute atomic E-state index is 0.0271. The monoisotopic (exact) mass is 275 g/mol. The third-order valence-corrected chi connectivity index (χ3v) is 4.16. The van der Waals surface area contributed by atoms with E-state index in [9.17, 15) is 9.90 Å². The first-order valence-corrected chi connectivity index (χ1v) is 7.49. The van der Waals surface area contributed by atoms with Gasteiger partial charge in [0.2, 0.25) is 0 Å². The molecule has 1 heterocycles. The van der Waals surface area contributed by atoms with E-state index in [1.165, 1.54) is 5.56 Å². The van der Waals surface area contributed by atoms with E-state index in [4.69, 9.17) is 4.74 Å². The molecule has 0 bridgehead atoms. The van der Waals surface area contributed by atoms with Crippen molar-refractivity contribution in [2.75, 3.05) is 6.54 Å². The Labute approximate surface area is 119 Å². The predicted octanol–water partition coefficient (Wildman–Crippen LogP) is 2.10. The number of carbonyl (C=O) groups excluding carboxylic acids is 1. The Morgan fingerprint density at radius 3 is 3.00 bits per heavy atom. The Hall–Kier alpha value is -1.55. The molecule has 20 heavy (non-hydrogen) atoms. The van der Waals surface area contributed by atoms with Crippen molar-refractivity contribution in [1.82, 2.24) is 5.32 Å². The first-order chi connectivity index (χ1) is 9.74. The van der Waals surface area contributed by atoms with Gasteiger partial charge in [0.1, 0.15) is 5.75 Å². The molecule has 2 N–H and O–H groups in total. The third kappa shape index (κ3) is 2.80. The van der Waals surface area contributed by atoms with Gasteiger partial charge in [-0.1, -0.05) is 6.07 Å². The fourth-order valence-corrected chi connectivity index (χ4v) is 3.01. The molecule has 1 aliphatic heterocycles. The van der Waals surface area contributed by atoms with Gasteiger partial charge in [-0.25, -0.2) is 0 Å². The number of fused-ring (bicyclic) bond motifs is 1. The molecule has 2 unspecified atom stereocenters. The molecule has 2 aliphatic rings. The van der Waals surface area contributed by atoms with Crippen molar-refractivity contribution in [3.63, 3.8) is 0 Å². The van der Waals surface area contributed by atoms with Crippen molar-refractivity contribution in [2.24, 2.45) is 0 Å². The molecule has 2 atom stereocenters. The van der Waals surface area contributed by atoms with Crippen molar-refractivity contribution < 1.29 is 14.6 Å². The molecule has 1 aromatic carbocycles. The second-order valence-electron chi connectivity index (χ2n) is 5.66. The molecular weight excluding hydrogens is 254 g/mol.